The SMILES string of the molecule is CCn1c(SCC(=O)Nc2ccc(C)cc2C)nnc1C1CCCN1C(=O)c1ccc(C)cc1. The normalized spacial score (nSPS) is 15.5. The van der Waals surface area contributed by atoms with Gasteiger partial charge in [0.2, 0.25) is 5.91 Å². The number of amides is 2. The molecule has 8 heteroatoms. The molecule has 1 saturated heterocycles. The van der Waals surface area contributed by atoms with Crippen LogP contribution in [0, 0.1) is 20.8 Å². The number of rotatable bonds is 7. The van der Waals surface area contributed by atoms with Crippen molar-refractivity contribution in [2.24, 2.45) is 0 Å². The molecule has 1 aliphatic heterocycles. The second-order valence-electron chi connectivity index (χ2n) is 8.76. The van der Waals surface area contributed by atoms with Crippen molar-refractivity contribution in [1.82, 2.24) is 19.7 Å². The lowest BCUT2D eigenvalue weighted by Crippen LogP contribution is -2.32. The highest BCUT2D eigenvalue weighted by Gasteiger charge is 2.34. The molecular formula is C26H31N5O2S. The standard InChI is InChI=1S/C26H31N5O2S/c1-5-30-24(22-7-6-14-31(22)25(33)20-11-8-17(2)9-12-20)28-29-26(30)34-16-23(32)27-21-13-10-18(3)15-19(21)4/h8-13,15,22H,5-7,14,16H2,1-4H3,(H,27,32). The number of hydrogen-bond donors (Lipinski definition) is 1. The average molecular weight is 478 g/mol. The van der Waals surface area contributed by atoms with Crippen LogP contribution in [0.3, 0.4) is 0 Å². The Morgan fingerprint density at radius 2 is 1.79 bits per heavy atom. The van der Waals surface area contributed by atoms with Crippen LogP contribution in [-0.4, -0.2) is 43.8 Å². The van der Waals surface area contributed by atoms with Crippen molar-refractivity contribution in [2.45, 2.75) is 58.3 Å². The Morgan fingerprint density at radius 1 is 1.06 bits per heavy atom. The Hall–Kier alpha value is -3.13. The van der Waals surface area contributed by atoms with Gasteiger partial charge in [-0.1, -0.05) is 47.2 Å². The summed E-state index contributed by atoms with van der Waals surface area (Å²) in [5.74, 6) is 0.969. The molecule has 2 amide bonds. The lowest BCUT2D eigenvalue weighted by atomic mass is 10.1. The van der Waals surface area contributed by atoms with Gasteiger partial charge in [0, 0.05) is 24.3 Å². The Balaban J connectivity index is 1.45. The minimum atomic E-state index is -0.111. The van der Waals surface area contributed by atoms with E-state index in [1.165, 1.54) is 11.8 Å². The molecule has 34 heavy (non-hydrogen) atoms. The number of benzene rings is 2. The topological polar surface area (TPSA) is 80.1 Å². The second-order valence-corrected chi connectivity index (χ2v) is 9.71. The minimum Gasteiger partial charge on any atom is -0.328 e. The van der Waals surface area contributed by atoms with Crippen molar-refractivity contribution < 1.29 is 9.59 Å². The number of hydrogen-bond acceptors (Lipinski definition) is 5. The molecule has 3 aromatic rings. The third-order valence-electron chi connectivity index (χ3n) is 6.16. The van der Waals surface area contributed by atoms with Gasteiger partial charge in [-0.3, -0.25) is 9.59 Å². The highest BCUT2D eigenvalue weighted by Crippen LogP contribution is 2.34. The third kappa shape index (κ3) is 5.17. The monoisotopic (exact) mass is 477 g/mol. The van der Waals surface area contributed by atoms with Gasteiger partial charge in [-0.15, -0.1) is 10.2 Å². The van der Waals surface area contributed by atoms with E-state index < -0.39 is 0 Å². The van der Waals surface area contributed by atoms with Gasteiger partial charge in [-0.2, -0.15) is 0 Å². The van der Waals surface area contributed by atoms with Crippen LogP contribution in [0.5, 0.6) is 0 Å². The molecule has 0 bridgehead atoms. The summed E-state index contributed by atoms with van der Waals surface area (Å²) in [5, 5.41) is 12.5. The zero-order valence-electron chi connectivity index (χ0n) is 20.2. The number of nitrogens with one attached hydrogen (secondary N) is 1. The van der Waals surface area contributed by atoms with Gasteiger partial charge in [0.05, 0.1) is 11.8 Å². The van der Waals surface area contributed by atoms with Crippen LogP contribution < -0.4 is 5.32 Å². The number of nitrogens with zero attached hydrogens (tertiary/aromatic N) is 4. The van der Waals surface area contributed by atoms with Gasteiger partial charge >= 0.3 is 0 Å². The predicted molar refractivity (Wildman–Crippen MR) is 135 cm³/mol. The van der Waals surface area contributed by atoms with E-state index in [-0.39, 0.29) is 23.6 Å². The third-order valence-corrected chi connectivity index (χ3v) is 7.13. The molecular weight excluding hydrogens is 446 g/mol. The van der Waals surface area contributed by atoms with Gasteiger partial charge in [0.1, 0.15) is 0 Å². The molecule has 7 nitrogen and oxygen atoms in total. The van der Waals surface area contributed by atoms with E-state index in [0.717, 1.165) is 41.0 Å². The first-order chi connectivity index (χ1) is 16.4. The molecule has 0 spiro atoms. The molecule has 1 atom stereocenters. The first-order valence-electron chi connectivity index (χ1n) is 11.7. The van der Waals surface area contributed by atoms with E-state index in [2.05, 4.69) is 15.5 Å². The van der Waals surface area contributed by atoms with E-state index in [9.17, 15) is 9.59 Å². The maximum absolute atomic E-state index is 13.2. The summed E-state index contributed by atoms with van der Waals surface area (Å²) in [7, 11) is 0. The second kappa shape index (κ2) is 10.4. The Labute approximate surface area is 205 Å². The van der Waals surface area contributed by atoms with E-state index in [1.807, 2.05) is 79.6 Å². The number of anilines is 1. The Bertz CT molecular complexity index is 1190. The van der Waals surface area contributed by atoms with Gasteiger partial charge in [-0.25, -0.2) is 0 Å². The maximum Gasteiger partial charge on any atom is 0.254 e. The van der Waals surface area contributed by atoms with Crippen LogP contribution in [0.25, 0.3) is 0 Å². The van der Waals surface area contributed by atoms with Crippen molar-refractivity contribution >= 4 is 29.3 Å². The van der Waals surface area contributed by atoms with Crippen LogP contribution >= 0.6 is 11.8 Å². The fraction of sp³-hybridized carbons (Fsp3) is 0.385. The van der Waals surface area contributed by atoms with Crippen molar-refractivity contribution in [3.63, 3.8) is 0 Å². The fourth-order valence-corrected chi connectivity index (χ4v) is 5.17. The molecule has 1 aliphatic rings. The molecule has 2 heterocycles. The number of carbonyl (C=O) groups is 2. The minimum absolute atomic E-state index is 0.0233. The van der Waals surface area contributed by atoms with Gasteiger partial charge in [0.25, 0.3) is 5.91 Å². The number of likely N-dealkylation sites (tertiary alicyclic amines) is 1. The van der Waals surface area contributed by atoms with Crippen molar-refractivity contribution in [2.75, 3.05) is 17.6 Å². The van der Waals surface area contributed by atoms with Crippen LogP contribution in [-0.2, 0) is 11.3 Å². The number of thioether (sulfide) groups is 1. The first-order valence-corrected chi connectivity index (χ1v) is 12.7. The highest BCUT2D eigenvalue weighted by atomic mass is 32.2. The maximum atomic E-state index is 13.2. The van der Waals surface area contributed by atoms with Gasteiger partial charge < -0.3 is 14.8 Å². The molecule has 1 fully saturated rings. The number of carbonyl (C=O) groups excluding carboxylic acids is 2. The molecule has 178 valence electrons. The quantitative estimate of drug-likeness (QED) is 0.488. The first kappa shape index (κ1) is 24.0. The molecule has 0 radical (unpaired) electrons. The van der Waals surface area contributed by atoms with Crippen LogP contribution in [0.4, 0.5) is 5.69 Å². The fourth-order valence-electron chi connectivity index (χ4n) is 4.36. The van der Waals surface area contributed by atoms with E-state index in [1.54, 1.807) is 0 Å². The summed E-state index contributed by atoms with van der Waals surface area (Å²) in [6.45, 7) is 9.44. The summed E-state index contributed by atoms with van der Waals surface area (Å²) in [6, 6.07) is 13.5. The van der Waals surface area contributed by atoms with Crippen LogP contribution in [0.2, 0.25) is 0 Å². The largest absolute Gasteiger partial charge is 0.328 e. The van der Waals surface area contributed by atoms with Gasteiger partial charge in [0.15, 0.2) is 11.0 Å². The molecule has 1 N–H and O–H groups in total. The Morgan fingerprint density at radius 3 is 2.50 bits per heavy atom. The van der Waals surface area contributed by atoms with E-state index in [0.29, 0.717) is 23.8 Å². The predicted octanol–water partition coefficient (Wildman–Crippen LogP) is 4.93. The summed E-state index contributed by atoms with van der Waals surface area (Å²) < 4.78 is 2.03. The molecule has 4 rings (SSSR count). The van der Waals surface area contributed by atoms with Crippen LogP contribution in [0.15, 0.2) is 47.6 Å². The summed E-state index contributed by atoms with van der Waals surface area (Å²) in [5.41, 5.74) is 4.85. The van der Waals surface area contributed by atoms with Crippen LogP contribution in [0.1, 0.15) is 58.7 Å². The van der Waals surface area contributed by atoms with Crippen molar-refractivity contribution in [3.8, 4) is 0 Å². The number of aryl methyl sites for hydroxylation is 3. The lowest BCUT2D eigenvalue weighted by Gasteiger charge is -2.24. The van der Waals surface area contributed by atoms with E-state index >= 15 is 0 Å². The van der Waals surface area contributed by atoms with E-state index in [4.69, 9.17) is 0 Å². The molecule has 1 unspecified atom stereocenters. The van der Waals surface area contributed by atoms with Crippen molar-refractivity contribution in [1.29, 1.82) is 0 Å². The molecule has 0 saturated carbocycles. The molecule has 1 aromatic heterocycles. The zero-order chi connectivity index (χ0) is 24.2. The summed E-state index contributed by atoms with van der Waals surface area (Å²) in [4.78, 5) is 27.7. The molecule has 0 aliphatic carbocycles. The smallest absolute Gasteiger partial charge is 0.254 e. The summed E-state index contributed by atoms with van der Waals surface area (Å²) in [6.07, 6.45) is 1.78. The zero-order valence-corrected chi connectivity index (χ0v) is 21.0. The highest BCUT2D eigenvalue weighted by molar-refractivity contribution is 7.99. The molecule has 2 aromatic carbocycles. The lowest BCUT2D eigenvalue weighted by molar-refractivity contribution is -0.113. The average Bonchev–Trinajstić information content (AvgIpc) is 3.46. The number of aromatic nitrogens is 3. The van der Waals surface area contributed by atoms with Gasteiger partial charge in [-0.05, 0) is 64.3 Å². The Kier molecular flexibility index (Phi) is 7.36. The summed E-state index contributed by atoms with van der Waals surface area (Å²) >= 11 is 1.37. The van der Waals surface area contributed by atoms with Crippen molar-refractivity contribution in [3.05, 3.63) is 70.5 Å².